The van der Waals surface area contributed by atoms with Crippen LogP contribution in [0.25, 0.3) is 11.1 Å². The van der Waals surface area contributed by atoms with Crippen molar-refractivity contribution >= 4 is 28.0 Å². The van der Waals surface area contributed by atoms with Gasteiger partial charge >= 0.3 is 12.1 Å². The number of ether oxygens (including phenoxy) is 1. The van der Waals surface area contributed by atoms with Crippen molar-refractivity contribution in [3.8, 4) is 16.9 Å². The molecule has 1 aliphatic carbocycles. The third kappa shape index (κ3) is 4.80. The van der Waals surface area contributed by atoms with Gasteiger partial charge in [-0.3, -0.25) is 0 Å². The van der Waals surface area contributed by atoms with E-state index >= 15 is 0 Å². The highest BCUT2D eigenvalue weighted by Crippen LogP contribution is 2.44. The number of aliphatic carboxylic acids is 1. The zero-order chi connectivity index (χ0) is 24.4. The number of carboxylic acid groups (broad SMARTS) is 1. The highest BCUT2D eigenvalue weighted by molar-refractivity contribution is 9.10. The van der Waals surface area contributed by atoms with Crippen LogP contribution in [0, 0.1) is 0 Å². The molecule has 34 heavy (non-hydrogen) atoms. The molecule has 0 heterocycles. The molecule has 0 fully saturated rings. The third-order valence-corrected chi connectivity index (χ3v) is 6.79. The molecule has 4 rings (SSSR count). The predicted molar refractivity (Wildman–Crippen MR) is 133 cm³/mol. The van der Waals surface area contributed by atoms with Gasteiger partial charge in [0.1, 0.15) is 18.4 Å². The van der Waals surface area contributed by atoms with Crippen LogP contribution in [0.5, 0.6) is 5.75 Å². The van der Waals surface area contributed by atoms with Crippen molar-refractivity contribution in [1.82, 2.24) is 5.32 Å². The first-order chi connectivity index (χ1) is 16.3. The molecule has 3 aromatic rings. The van der Waals surface area contributed by atoms with Gasteiger partial charge in [0.25, 0.3) is 0 Å². The Labute approximate surface area is 206 Å². The Morgan fingerprint density at radius 3 is 2.18 bits per heavy atom. The van der Waals surface area contributed by atoms with Crippen molar-refractivity contribution in [2.45, 2.75) is 38.1 Å². The van der Waals surface area contributed by atoms with Gasteiger partial charge in [0.2, 0.25) is 0 Å². The lowest BCUT2D eigenvalue weighted by Crippen LogP contribution is -2.43. The molecule has 0 spiro atoms. The molecule has 7 heteroatoms. The van der Waals surface area contributed by atoms with Crippen molar-refractivity contribution < 1.29 is 24.5 Å². The van der Waals surface area contributed by atoms with Crippen LogP contribution in [-0.4, -0.2) is 34.9 Å². The van der Waals surface area contributed by atoms with Crippen LogP contribution in [0.15, 0.2) is 65.1 Å². The average molecular weight is 524 g/mol. The molecular weight excluding hydrogens is 498 g/mol. The fourth-order valence-corrected chi connectivity index (χ4v) is 4.89. The first-order valence-corrected chi connectivity index (χ1v) is 11.9. The van der Waals surface area contributed by atoms with Crippen LogP contribution >= 0.6 is 15.9 Å². The normalized spacial score (nSPS) is 13.3. The number of carboxylic acids is 1. The Kier molecular flexibility index (Phi) is 6.93. The minimum Gasteiger partial charge on any atom is -0.506 e. The van der Waals surface area contributed by atoms with E-state index in [2.05, 4.69) is 21.2 Å². The van der Waals surface area contributed by atoms with Gasteiger partial charge in [-0.15, -0.1) is 0 Å². The fraction of sp³-hybridized carbons (Fsp3) is 0.259. The SMILES string of the molecule is CC(C)c1cc(Br)c(O)c(CC(NC(=O)OCC2c3ccccc3-c3ccccc32)C(=O)O)c1. The molecule has 1 unspecified atom stereocenters. The van der Waals surface area contributed by atoms with Gasteiger partial charge in [0, 0.05) is 12.3 Å². The molecule has 0 radical (unpaired) electrons. The molecule has 1 amide bonds. The quantitative estimate of drug-likeness (QED) is 0.363. The number of phenols is 1. The standard InChI is InChI=1S/C27H26BrNO5/c1-15(2)16-11-17(25(30)23(28)12-16)13-24(26(31)32)29-27(33)34-14-22-20-9-5-3-7-18(20)19-8-4-6-10-21(19)22/h3-12,15,22,24,30H,13-14H2,1-2H3,(H,29,33)(H,31,32). The van der Waals surface area contributed by atoms with E-state index in [0.717, 1.165) is 27.8 Å². The third-order valence-electron chi connectivity index (χ3n) is 6.19. The second-order valence-corrected chi connectivity index (χ2v) is 9.58. The molecule has 0 saturated heterocycles. The van der Waals surface area contributed by atoms with Crippen molar-refractivity contribution in [3.63, 3.8) is 0 Å². The van der Waals surface area contributed by atoms with E-state index in [1.54, 1.807) is 12.1 Å². The maximum atomic E-state index is 12.6. The van der Waals surface area contributed by atoms with Crippen LogP contribution in [-0.2, 0) is 16.0 Å². The van der Waals surface area contributed by atoms with E-state index < -0.39 is 18.1 Å². The summed E-state index contributed by atoms with van der Waals surface area (Å²) in [7, 11) is 0. The molecule has 0 aromatic heterocycles. The summed E-state index contributed by atoms with van der Waals surface area (Å²) in [4.78, 5) is 24.5. The van der Waals surface area contributed by atoms with Crippen molar-refractivity contribution in [3.05, 3.63) is 87.4 Å². The van der Waals surface area contributed by atoms with E-state index in [1.165, 1.54) is 0 Å². The lowest BCUT2D eigenvalue weighted by Gasteiger charge is -2.19. The number of carbonyl (C=O) groups is 2. The fourth-order valence-electron chi connectivity index (χ4n) is 4.37. The number of hydrogen-bond donors (Lipinski definition) is 3. The summed E-state index contributed by atoms with van der Waals surface area (Å²) in [6.45, 7) is 4.10. The summed E-state index contributed by atoms with van der Waals surface area (Å²) in [6, 6.07) is 18.3. The Bertz CT molecular complexity index is 1190. The minimum atomic E-state index is -1.25. The zero-order valence-corrected chi connectivity index (χ0v) is 20.5. The van der Waals surface area contributed by atoms with Gasteiger partial charge in [-0.1, -0.05) is 68.4 Å². The Morgan fingerprint density at radius 1 is 1.03 bits per heavy atom. The van der Waals surface area contributed by atoms with E-state index in [-0.39, 0.29) is 30.6 Å². The van der Waals surface area contributed by atoms with Gasteiger partial charge in [0.05, 0.1) is 4.47 Å². The number of phenolic OH excluding ortho intramolecular Hbond substituents is 1. The van der Waals surface area contributed by atoms with Crippen molar-refractivity contribution in [2.75, 3.05) is 6.61 Å². The number of halogens is 1. The largest absolute Gasteiger partial charge is 0.506 e. The molecule has 1 atom stereocenters. The lowest BCUT2D eigenvalue weighted by molar-refractivity contribution is -0.139. The average Bonchev–Trinajstić information content (AvgIpc) is 3.13. The van der Waals surface area contributed by atoms with Crippen LogP contribution in [0.2, 0.25) is 0 Å². The molecule has 0 saturated carbocycles. The Balaban J connectivity index is 1.47. The number of carbonyl (C=O) groups excluding carboxylic acids is 1. The highest BCUT2D eigenvalue weighted by Gasteiger charge is 2.30. The van der Waals surface area contributed by atoms with Gasteiger partial charge in [-0.25, -0.2) is 9.59 Å². The molecule has 0 bridgehead atoms. The number of rotatable bonds is 7. The van der Waals surface area contributed by atoms with Gasteiger partial charge < -0.3 is 20.3 Å². The number of hydrogen-bond acceptors (Lipinski definition) is 4. The second kappa shape index (κ2) is 9.89. The molecular formula is C27H26BrNO5. The van der Waals surface area contributed by atoms with Gasteiger partial charge in [-0.05, 0) is 61.3 Å². The summed E-state index contributed by atoms with van der Waals surface area (Å²) in [5.41, 5.74) is 5.76. The number of fused-ring (bicyclic) bond motifs is 3. The maximum absolute atomic E-state index is 12.6. The Morgan fingerprint density at radius 2 is 1.62 bits per heavy atom. The predicted octanol–water partition coefficient (Wildman–Crippen LogP) is 5.81. The van der Waals surface area contributed by atoms with E-state index in [1.807, 2.05) is 62.4 Å². The summed E-state index contributed by atoms with van der Waals surface area (Å²) < 4.78 is 5.97. The number of benzene rings is 3. The second-order valence-electron chi connectivity index (χ2n) is 8.73. The smallest absolute Gasteiger partial charge is 0.407 e. The lowest BCUT2D eigenvalue weighted by atomic mass is 9.97. The van der Waals surface area contributed by atoms with E-state index in [4.69, 9.17) is 4.74 Å². The van der Waals surface area contributed by atoms with Crippen LogP contribution < -0.4 is 5.32 Å². The summed E-state index contributed by atoms with van der Waals surface area (Å²) in [5, 5.41) is 22.6. The first kappa shape index (κ1) is 23.8. The van der Waals surface area contributed by atoms with Gasteiger partial charge in [0.15, 0.2) is 0 Å². The number of aromatic hydroxyl groups is 1. The summed E-state index contributed by atoms with van der Waals surface area (Å²) >= 11 is 3.32. The number of nitrogens with one attached hydrogen (secondary N) is 1. The molecule has 3 aromatic carbocycles. The molecule has 6 nitrogen and oxygen atoms in total. The molecule has 3 N–H and O–H groups in total. The molecule has 0 aliphatic heterocycles. The van der Waals surface area contributed by atoms with Crippen molar-refractivity contribution in [2.24, 2.45) is 0 Å². The number of amides is 1. The van der Waals surface area contributed by atoms with E-state index in [9.17, 15) is 19.8 Å². The van der Waals surface area contributed by atoms with Crippen LogP contribution in [0.4, 0.5) is 4.79 Å². The van der Waals surface area contributed by atoms with Crippen molar-refractivity contribution in [1.29, 1.82) is 0 Å². The molecule has 176 valence electrons. The summed E-state index contributed by atoms with van der Waals surface area (Å²) in [5.74, 6) is -1.18. The van der Waals surface area contributed by atoms with Crippen LogP contribution in [0.1, 0.15) is 47.9 Å². The Hall–Kier alpha value is -3.32. The first-order valence-electron chi connectivity index (χ1n) is 11.1. The van der Waals surface area contributed by atoms with E-state index in [0.29, 0.717) is 10.0 Å². The zero-order valence-electron chi connectivity index (χ0n) is 18.9. The number of alkyl carbamates (subject to hydrolysis) is 1. The van der Waals surface area contributed by atoms with Gasteiger partial charge in [-0.2, -0.15) is 0 Å². The topological polar surface area (TPSA) is 95.9 Å². The summed E-state index contributed by atoms with van der Waals surface area (Å²) in [6.07, 6.45) is -0.891. The highest BCUT2D eigenvalue weighted by atomic mass is 79.9. The monoisotopic (exact) mass is 523 g/mol. The maximum Gasteiger partial charge on any atom is 0.407 e. The van der Waals surface area contributed by atoms with Crippen LogP contribution in [0.3, 0.4) is 0 Å². The molecule has 1 aliphatic rings. The minimum absolute atomic E-state index is 0.0370.